The van der Waals surface area contributed by atoms with Crippen molar-refractivity contribution in [2.75, 3.05) is 24.7 Å². The van der Waals surface area contributed by atoms with Crippen LogP contribution in [0.3, 0.4) is 0 Å². The van der Waals surface area contributed by atoms with E-state index in [2.05, 4.69) is 0 Å². The van der Waals surface area contributed by atoms with Crippen LogP contribution in [0.4, 0.5) is 5.69 Å². The molecule has 10 nitrogen and oxygen atoms in total. The van der Waals surface area contributed by atoms with E-state index in [1.165, 1.54) is 11.8 Å². The molecule has 1 aromatic carbocycles. The van der Waals surface area contributed by atoms with E-state index in [9.17, 15) is 19.2 Å². The van der Waals surface area contributed by atoms with Crippen molar-refractivity contribution in [3.8, 4) is 0 Å². The smallest absolute Gasteiger partial charge is 0.341 e. The van der Waals surface area contributed by atoms with Crippen LogP contribution in [0.2, 0.25) is 0 Å². The third-order valence-electron chi connectivity index (χ3n) is 5.85. The number of anilines is 1. The molecule has 2 N–H and O–H groups in total. The average molecular weight is 501 g/mol. The number of amides is 1. The van der Waals surface area contributed by atoms with Crippen molar-refractivity contribution in [2.24, 2.45) is 5.73 Å². The Kier molecular flexibility index (Phi) is 8.07. The number of nitrogens with zero attached hydrogens (tertiary/aromatic N) is 1. The van der Waals surface area contributed by atoms with Gasteiger partial charge in [-0.15, -0.1) is 0 Å². The minimum absolute atomic E-state index is 0.00407. The van der Waals surface area contributed by atoms with E-state index in [-0.39, 0.29) is 41.6 Å². The van der Waals surface area contributed by atoms with Gasteiger partial charge in [0.15, 0.2) is 0 Å². The molecule has 1 spiro atoms. The van der Waals surface area contributed by atoms with E-state index >= 15 is 0 Å². The van der Waals surface area contributed by atoms with Crippen molar-refractivity contribution in [3.63, 3.8) is 0 Å². The average Bonchev–Trinajstić information content (AvgIpc) is 3.02. The molecule has 194 valence electrons. The number of benzene rings is 1. The fourth-order valence-electron chi connectivity index (χ4n) is 4.47. The van der Waals surface area contributed by atoms with Gasteiger partial charge in [-0.3, -0.25) is 14.5 Å². The Morgan fingerprint density at radius 1 is 1.08 bits per heavy atom. The molecule has 1 atom stereocenters. The first-order valence-corrected chi connectivity index (χ1v) is 12.0. The van der Waals surface area contributed by atoms with E-state index < -0.39 is 41.9 Å². The zero-order chi connectivity index (χ0) is 26.6. The Bertz CT molecular complexity index is 1140. The van der Waals surface area contributed by atoms with E-state index in [4.69, 9.17) is 24.7 Å². The number of hydrogen-bond donors (Lipinski definition) is 1. The van der Waals surface area contributed by atoms with Gasteiger partial charge in [0.25, 0.3) is 0 Å². The molecular weight excluding hydrogens is 468 g/mol. The van der Waals surface area contributed by atoms with Crippen LogP contribution in [-0.4, -0.2) is 49.7 Å². The number of carbonyl (C=O) groups is 4. The zero-order valence-electron chi connectivity index (χ0n) is 21.2. The maximum Gasteiger partial charge on any atom is 0.341 e. The highest BCUT2D eigenvalue weighted by Crippen LogP contribution is 2.54. The highest BCUT2D eigenvalue weighted by Gasteiger charge is 2.64. The van der Waals surface area contributed by atoms with Gasteiger partial charge in [0.1, 0.15) is 28.9 Å². The van der Waals surface area contributed by atoms with Gasteiger partial charge in [0.05, 0.1) is 19.3 Å². The Labute approximate surface area is 210 Å². The third kappa shape index (κ3) is 4.55. The quantitative estimate of drug-likeness (QED) is 0.308. The molecule has 1 amide bonds. The molecule has 0 fully saturated rings. The van der Waals surface area contributed by atoms with Gasteiger partial charge in [-0.2, -0.15) is 0 Å². The van der Waals surface area contributed by atoms with Gasteiger partial charge in [0.2, 0.25) is 11.8 Å². The van der Waals surface area contributed by atoms with Gasteiger partial charge in [-0.1, -0.05) is 31.5 Å². The van der Waals surface area contributed by atoms with Crippen LogP contribution in [0.5, 0.6) is 0 Å². The summed E-state index contributed by atoms with van der Waals surface area (Å²) < 4.78 is 21.6. The number of unbranched alkanes of at least 4 members (excludes halogenated alkanes) is 1. The number of para-hydroxylation sites is 1. The van der Waals surface area contributed by atoms with Crippen LogP contribution in [0.1, 0.15) is 53.0 Å². The molecule has 2 aliphatic rings. The normalized spacial score (nSPS) is 18.9. The Morgan fingerprint density at radius 2 is 1.78 bits per heavy atom. The van der Waals surface area contributed by atoms with Crippen LogP contribution < -0.4 is 10.6 Å². The number of rotatable bonds is 9. The van der Waals surface area contributed by atoms with Crippen molar-refractivity contribution in [3.05, 3.63) is 52.6 Å². The minimum Gasteiger partial charge on any atom is -0.465 e. The number of allylic oxidation sites excluding steroid dienone is 1. The lowest BCUT2D eigenvalue weighted by Gasteiger charge is -2.36. The predicted molar refractivity (Wildman–Crippen MR) is 129 cm³/mol. The number of fused-ring (bicyclic) bond motifs is 2. The molecule has 0 saturated carbocycles. The zero-order valence-corrected chi connectivity index (χ0v) is 21.2. The number of ether oxygens (including phenoxy) is 4. The Morgan fingerprint density at radius 3 is 2.42 bits per heavy atom. The maximum atomic E-state index is 14.3. The number of carbonyl (C=O) groups excluding carboxylic acids is 4. The lowest BCUT2D eigenvalue weighted by molar-refractivity contribution is -0.146. The van der Waals surface area contributed by atoms with E-state index in [1.54, 1.807) is 45.0 Å². The fraction of sp³-hybridized carbons (Fsp3) is 0.462. The second-order valence-corrected chi connectivity index (χ2v) is 8.68. The molecule has 2 aliphatic heterocycles. The molecule has 1 aromatic rings. The minimum atomic E-state index is -2.04. The molecule has 36 heavy (non-hydrogen) atoms. The van der Waals surface area contributed by atoms with Crippen molar-refractivity contribution in [2.45, 2.75) is 59.0 Å². The molecule has 0 aliphatic carbocycles. The summed E-state index contributed by atoms with van der Waals surface area (Å²) in [6.07, 6.45) is 0.827. The summed E-state index contributed by atoms with van der Waals surface area (Å²) >= 11 is 0. The highest BCUT2D eigenvalue weighted by atomic mass is 16.6. The molecule has 0 radical (unpaired) electrons. The Balaban J connectivity index is 2.30. The molecule has 0 saturated heterocycles. The molecule has 10 heteroatoms. The summed E-state index contributed by atoms with van der Waals surface area (Å²) in [5.41, 5.74) is 4.26. The van der Waals surface area contributed by atoms with Crippen molar-refractivity contribution < 1.29 is 38.1 Å². The monoisotopic (exact) mass is 500 g/mol. The highest BCUT2D eigenvalue weighted by molar-refractivity contribution is 6.23. The van der Waals surface area contributed by atoms with Gasteiger partial charge in [-0.25, -0.2) is 9.59 Å². The largest absolute Gasteiger partial charge is 0.465 e. The van der Waals surface area contributed by atoms with Crippen LogP contribution in [0, 0.1) is 0 Å². The van der Waals surface area contributed by atoms with E-state index in [0.29, 0.717) is 12.1 Å². The van der Waals surface area contributed by atoms with Gasteiger partial charge < -0.3 is 24.7 Å². The number of hydrogen-bond acceptors (Lipinski definition) is 9. The van der Waals surface area contributed by atoms with Crippen LogP contribution in [0.25, 0.3) is 0 Å². The van der Waals surface area contributed by atoms with Crippen LogP contribution in [-0.2, 0) is 43.5 Å². The summed E-state index contributed by atoms with van der Waals surface area (Å²) in [6, 6.07) is 6.56. The predicted octanol–water partition coefficient (Wildman–Crippen LogP) is 2.60. The summed E-state index contributed by atoms with van der Waals surface area (Å²) in [5, 5.41) is 0. The first kappa shape index (κ1) is 26.8. The van der Waals surface area contributed by atoms with Gasteiger partial charge in [-0.05, 0) is 40.2 Å². The first-order valence-electron chi connectivity index (χ1n) is 12.0. The lowest BCUT2D eigenvalue weighted by atomic mass is 9.67. The van der Waals surface area contributed by atoms with Crippen LogP contribution >= 0.6 is 0 Å². The van der Waals surface area contributed by atoms with Crippen molar-refractivity contribution >= 4 is 29.5 Å². The third-order valence-corrected chi connectivity index (χ3v) is 5.85. The topological polar surface area (TPSA) is 134 Å². The van der Waals surface area contributed by atoms with Crippen LogP contribution in [0.15, 0.2) is 47.1 Å². The summed E-state index contributed by atoms with van der Waals surface area (Å²) in [4.78, 5) is 54.9. The summed E-state index contributed by atoms with van der Waals surface area (Å²) in [6.45, 7) is 8.13. The van der Waals surface area contributed by atoms with Crippen molar-refractivity contribution in [1.29, 1.82) is 0 Å². The molecular formula is C26H32N2O8. The second kappa shape index (κ2) is 10.8. The van der Waals surface area contributed by atoms with E-state index in [0.717, 1.165) is 6.42 Å². The molecule has 0 bridgehead atoms. The summed E-state index contributed by atoms with van der Waals surface area (Å²) in [7, 11) is 0. The second-order valence-electron chi connectivity index (χ2n) is 8.68. The van der Waals surface area contributed by atoms with Gasteiger partial charge >= 0.3 is 17.9 Å². The first-order chi connectivity index (χ1) is 17.1. The van der Waals surface area contributed by atoms with Gasteiger partial charge in [0, 0.05) is 11.3 Å². The number of esters is 3. The molecule has 1 unspecified atom stereocenters. The maximum absolute atomic E-state index is 14.3. The van der Waals surface area contributed by atoms with E-state index in [1.807, 2.05) is 6.92 Å². The molecule has 3 rings (SSSR count). The lowest BCUT2D eigenvalue weighted by Crippen LogP contribution is -2.51. The SMILES string of the molecule is CCCCOC(=O)C1=C(N)OC(C)=C(C(=O)OC(C)C)C12C(=O)N(CC(=O)OCC)c1ccccc12. The summed E-state index contributed by atoms with van der Waals surface area (Å²) in [5.74, 6) is -3.50. The number of nitrogens with two attached hydrogens (primary N) is 1. The standard InChI is InChI=1S/C26H32N2O8/c1-6-8-13-34-23(30)21-22(27)36-16(5)20(24(31)35-15(3)4)26(21)17-11-9-10-12-18(17)28(25(26)32)14-19(29)33-7-2/h9-12,15H,6-8,13-14,27H2,1-5H3. The fourth-order valence-corrected chi connectivity index (χ4v) is 4.47. The molecule has 0 aromatic heterocycles. The van der Waals surface area contributed by atoms with Crippen molar-refractivity contribution in [1.82, 2.24) is 0 Å². The molecule has 2 heterocycles. The Hall–Kier alpha value is -3.82.